The molecule has 2 aromatic rings. The molecule has 3 aliphatic rings. The molecule has 1 aliphatic heterocycles. The maximum Gasteiger partial charge on any atom is 0.416 e. The zero-order chi connectivity index (χ0) is 24.9. The summed E-state index contributed by atoms with van der Waals surface area (Å²) in [7, 11) is 1.74. The van der Waals surface area contributed by atoms with Crippen LogP contribution in [-0.2, 0) is 11.0 Å². The number of hydrogen-bond donors (Lipinski definition) is 1. The number of carbonyl (C=O) groups excluding carboxylic acids is 2. The average Bonchev–Trinajstić information content (AvgIpc) is 3.62. The van der Waals surface area contributed by atoms with Crippen molar-refractivity contribution in [3.63, 3.8) is 0 Å². The number of amides is 2. The van der Waals surface area contributed by atoms with Crippen LogP contribution in [0.25, 0.3) is 0 Å². The maximum absolute atomic E-state index is 14.1. The monoisotopic (exact) mass is 480 g/mol. The number of anilines is 1. The minimum absolute atomic E-state index is 0.0842. The summed E-state index contributed by atoms with van der Waals surface area (Å²) in [6.45, 7) is 0. The summed E-state index contributed by atoms with van der Waals surface area (Å²) in [5.41, 5.74) is 1.23. The van der Waals surface area contributed by atoms with E-state index in [0.717, 1.165) is 25.0 Å². The number of Topliss-reactive ketones (excluding diaryl/α,β-unsaturated/α-hetero) is 1. The number of nitrogens with zero attached hydrogens (tertiary/aromatic N) is 3. The van der Waals surface area contributed by atoms with Gasteiger partial charge in [0, 0.05) is 17.7 Å². The van der Waals surface area contributed by atoms with Crippen molar-refractivity contribution in [1.82, 2.24) is 10.2 Å². The van der Waals surface area contributed by atoms with Crippen molar-refractivity contribution in [2.45, 2.75) is 44.1 Å². The largest absolute Gasteiger partial charge is 0.416 e. The van der Waals surface area contributed by atoms with E-state index in [-0.39, 0.29) is 30.2 Å². The van der Waals surface area contributed by atoms with E-state index in [1.165, 1.54) is 17.0 Å². The highest BCUT2D eigenvalue weighted by atomic mass is 19.4. The van der Waals surface area contributed by atoms with Crippen molar-refractivity contribution in [1.29, 1.82) is 5.26 Å². The highest BCUT2D eigenvalue weighted by Gasteiger charge is 2.50. The fourth-order valence-electron chi connectivity index (χ4n) is 5.13. The lowest BCUT2D eigenvalue weighted by Crippen LogP contribution is -2.58. The molecule has 1 unspecified atom stereocenters. The first kappa shape index (κ1) is 23.1. The zero-order valence-corrected chi connectivity index (χ0v) is 19.0. The van der Waals surface area contributed by atoms with Gasteiger partial charge in [-0.05, 0) is 68.1 Å². The lowest BCUT2D eigenvalue weighted by Gasteiger charge is -2.46. The SMILES string of the molecule is CNC(C1CC1)N1C(=O)N(c2cccc(C(F)(F)F)c2)C2=C(C(=O)CC2)[C@H]1c1ccc(C#N)cc1. The van der Waals surface area contributed by atoms with Crippen LogP contribution in [0.4, 0.5) is 23.7 Å². The standard InChI is InChI=1S/C26H23F3N4O2/c1-31-24(17-9-10-17)33-23(16-7-5-15(14-30)6-8-16)22-20(11-12-21(22)34)32(25(33)35)19-4-2-3-18(13-19)26(27,28)29/h2-8,13,17,23-24,31H,9-12H2,1H3/t23-,24?/m1/s1. The number of nitrogens with one attached hydrogen (secondary N) is 1. The van der Waals surface area contributed by atoms with Gasteiger partial charge in [0.05, 0.1) is 35.1 Å². The molecule has 1 saturated carbocycles. The number of hydrogen-bond acceptors (Lipinski definition) is 4. The normalized spacial score (nSPS) is 21.3. The minimum Gasteiger partial charge on any atom is -0.300 e. The van der Waals surface area contributed by atoms with Gasteiger partial charge in [0.2, 0.25) is 0 Å². The topological polar surface area (TPSA) is 76.4 Å². The van der Waals surface area contributed by atoms with Crippen LogP contribution < -0.4 is 10.2 Å². The number of benzene rings is 2. The van der Waals surface area contributed by atoms with E-state index in [4.69, 9.17) is 0 Å². The van der Waals surface area contributed by atoms with Crippen LogP contribution in [0.3, 0.4) is 0 Å². The second-order valence-corrected chi connectivity index (χ2v) is 9.06. The predicted molar refractivity (Wildman–Crippen MR) is 122 cm³/mol. The minimum atomic E-state index is -4.57. The smallest absolute Gasteiger partial charge is 0.300 e. The van der Waals surface area contributed by atoms with Gasteiger partial charge in [0.15, 0.2) is 5.78 Å². The van der Waals surface area contributed by atoms with Crippen molar-refractivity contribution < 1.29 is 22.8 Å². The highest BCUT2D eigenvalue weighted by molar-refractivity contribution is 6.08. The third-order valence-corrected chi connectivity index (χ3v) is 6.89. The Labute approximate surface area is 200 Å². The van der Waals surface area contributed by atoms with Crippen LogP contribution in [0.5, 0.6) is 0 Å². The van der Waals surface area contributed by atoms with Gasteiger partial charge < -0.3 is 0 Å². The summed E-state index contributed by atoms with van der Waals surface area (Å²) in [4.78, 5) is 30.2. The van der Waals surface area contributed by atoms with Crippen molar-refractivity contribution in [2.24, 2.45) is 5.92 Å². The summed E-state index contributed by atoms with van der Waals surface area (Å²) in [6.07, 6.45) is -2.72. The zero-order valence-electron chi connectivity index (χ0n) is 19.0. The predicted octanol–water partition coefficient (Wildman–Crippen LogP) is 5.13. The average molecular weight is 480 g/mol. The van der Waals surface area contributed by atoms with Crippen LogP contribution in [-0.4, -0.2) is 29.9 Å². The van der Waals surface area contributed by atoms with E-state index in [2.05, 4.69) is 11.4 Å². The summed E-state index contributed by atoms with van der Waals surface area (Å²) in [5, 5.41) is 12.4. The molecule has 0 bridgehead atoms. The van der Waals surface area contributed by atoms with E-state index >= 15 is 0 Å². The number of allylic oxidation sites excluding steroid dienone is 1. The van der Waals surface area contributed by atoms with Crippen LogP contribution in [0, 0.1) is 17.2 Å². The molecule has 180 valence electrons. The van der Waals surface area contributed by atoms with Gasteiger partial charge in [-0.2, -0.15) is 18.4 Å². The van der Waals surface area contributed by atoms with Gasteiger partial charge in [0.1, 0.15) is 0 Å². The molecule has 0 aromatic heterocycles. The molecule has 1 heterocycles. The number of halogens is 3. The Morgan fingerprint density at radius 3 is 2.40 bits per heavy atom. The quantitative estimate of drug-likeness (QED) is 0.644. The second-order valence-electron chi connectivity index (χ2n) is 9.06. The highest BCUT2D eigenvalue weighted by Crippen LogP contribution is 2.48. The molecule has 1 N–H and O–H groups in total. The summed E-state index contributed by atoms with van der Waals surface area (Å²) < 4.78 is 40.4. The molecule has 35 heavy (non-hydrogen) atoms. The van der Waals surface area contributed by atoms with E-state index in [0.29, 0.717) is 22.4 Å². The number of rotatable bonds is 5. The third-order valence-electron chi connectivity index (χ3n) is 6.89. The van der Waals surface area contributed by atoms with Crippen molar-refractivity contribution >= 4 is 17.5 Å². The van der Waals surface area contributed by atoms with Crippen molar-refractivity contribution in [3.05, 3.63) is 76.5 Å². The molecule has 0 radical (unpaired) electrons. The molecule has 9 heteroatoms. The summed E-state index contributed by atoms with van der Waals surface area (Å²) >= 11 is 0. The fourth-order valence-corrected chi connectivity index (χ4v) is 5.13. The van der Waals surface area contributed by atoms with Gasteiger partial charge in [-0.1, -0.05) is 18.2 Å². The lowest BCUT2D eigenvalue weighted by atomic mass is 9.91. The molecule has 2 amide bonds. The first-order valence-electron chi connectivity index (χ1n) is 11.5. The Hall–Kier alpha value is -3.64. The number of ketones is 1. The van der Waals surface area contributed by atoms with Gasteiger partial charge in [0.25, 0.3) is 0 Å². The molecule has 0 spiro atoms. The molecule has 2 aromatic carbocycles. The number of urea groups is 1. The molecular formula is C26H23F3N4O2. The van der Waals surface area contributed by atoms with Crippen LogP contribution in [0.15, 0.2) is 59.8 Å². The number of nitriles is 1. The first-order valence-corrected chi connectivity index (χ1v) is 11.5. The van der Waals surface area contributed by atoms with Crippen LogP contribution in [0.2, 0.25) is 0 Å². The van der Waals surface area contributed by atoms with E-state index in [1.807, 2.05) is 0 Å². The Kier molecular flexibility index (Phi) is 5.64. The Balaban J connectivity index is 1.70. The van der Waals surface area contributed by atoms with Crippen molar-refractivity contribution in [2.75, 3.05) is 11.9 Å². The molecule has 5 rings (SSSR count). The van der Waals surface area contributed by atoms with Gasteiger partial charge in [-0.25, -0.2) is 4.79 Å². The molecule has 2 aliphatic carbocycles. The van der Waals surface area contributed by atoms with Crippen molar-refractivity contribution in [3.8, 4) is 6.07 Å². The Morgan fingerprint density at radius 2 is 1.80 bits per heavy atom. The number of alkyl halides is 3. The molecule has 2 atom stereocenters. The van der Waals surface area contributed by atoms with E-state index < -0.39 is 30.0 Å². The van der Waals surface area contributed by atoms with Gasteiger partial charge >= 0.3 is 12.2 Å². The third kappa shape index (κ3) is 3.98. The number of carbonyl (C=O) groups is 2. The molecule has 0 saturated heterocycles. The molecule has 1 fully saturated rings. The Morgan fingerprint density at radius 1 is 1.09 bits per heavy atom. The fraction of sp³-hybridized carbons (Fsp3) is 0.346. The molecular weight excluding hydrogens is 457 g/mol. The van der Waals surface area contributed by atoms with Crippen LogP contribution >= 0.6 is 0 Å². The maximum atomic E-state index is 14.1. The lowest BCUT2D eigenvalue weighted by molar-refractivity contribution is -0.137. The summed E-state index contributed by atoms with van der Waals surface area (Å²) in [6, 6.07) is 12.3. The van der Waals surface area contributed by atoms with E-state index in [9.17, 15) is 28.0 Å². The summed E-state index contributed by atoms with van der Waals surface area (Å²) in [5.74, 6) is 0.0429. The van der Waals surface area contributed by atoms with Gasteiger partial charge in [-0.15, -0.1) is 0 Å². The van der Waals surface area contributed by atoms with E-state index in [1.54, 1.807) is 36.2 Å². The Bertz CT molecular complexity index is 1260. The first-order chi connectivity index (χ1) is 16.7. The van der Waals surface area contributed by atoms with Crippen LogP contribution in [0.1, 0.15) is 48.4 Å². The molecule has 6 nitrogen and oxygen atoms in total. The van der Waals surface area contributed by atoms with Gasteiger partial charge in [-0.3, -0.25) is 19.9 Å². The second kappa shape index (κ2) is 8.54.